The average Bonchev–Trinajstić information content (AvgIpc) is 2.89. The first-order valence-corrected chi connectivity index (χ1v) is 6.80. The minimum atomic E-state index is -0.0396. The summed E-state index contributed by atoms with van der Waals surface area (Å²) in [6.07, 6.45) is 1.69. The molecule has 3 rings (SSSR count). The predicted molar refractivity (Wildman–Crippen MR) is 80.6 cm³/mol. The minimum absolute atomic E-state index is 0.0396. The molecule has 0 amide bonds. The number of aromatic nitrogens is 1. The summed E-state index contributed by atoms with van der Waals surface area (Å²) in [6.45, 7) is 0. The van der Waals surface area contributed by atoms with Crippen molar-refractivity contribution in [3.8, 4) is 6.07 Å². The molecule has 4 heteroatoms. The molecule has 1 aromatic heterocycles. The number of hydrogen-bond acceptors (Lipinski definition) is 2. The molecule has 0 saturated carbocycles. The van der Waals surface area contributed by atoms with Crippen molar-refractivity contribution in [3.63, 3.8) is 0 Å². The highest BCUT2D eigenvalue weighted by Gasteiger charge is 2.14. The van der Waals surface area contributed by atoms with Gasteiger partial charge in [-0.2, -0.15) is 5.26 Å². The van der Waals surface area contributed by atoms with E-state index in [2.05, 4.69) is 27.0 Å². The Labute approximate surface area is 124 Å². The molecule has 1 N–H and O–H groups in total. The van der Waals surface area contributed by atoms with E-state index in [1.807, 2.05) is 12.1 Å². The van der Waals surface area contributed by atoms with Gasteiger partial charge in [0.05, 0.1) is 11.6 Å². The molecule has 96 valence electrons. The van der Waals surface area contributed by atoms with E-state index in [0.717, 1.165) is 15.4 Å². The molecular formula is C16H9BrN2O. The number of fused-ring (bicyclic) bond motifs is 1. The molecule has 0 fully saturated rings. The van der Waals surface area contributed by atoms with E-state index in [0.29, 0.717) is 16.7 Å². The normalized spacial score (nSPS) is 10.4. The Morgan fingerprint density at radius 1 is 1.20 bits per heavy atom. The van der Waals surface area contributed by atoms with Gasteiger partial charge in [-0.1, -0.05) is 34.1 Å². The Balaban J connectivity index is 2.11. The van der Waals surface area contributed by atoms with Crippen molar-refractivity contribution < 1.29 is 4.79 Å². The molecule has 3 aromatic rings. The zero-order valence-corrected chi connectivity index (χ0v) is 11.9. The second-order valence-corrected chi connectivity index (χ2v) is 5.33. The monoisotopic (exact) mass is 324 g/mol. The zero-order chi connectivity index (χ0) is 14.1. The third-order valence-corrected chi connectivity index (χ3v) is 3.64. The van der Waals surface area contributed by atoms with E-state index in [1.165, 1.54) is 0 Å². The van der Waals surface area contributed by atoms with E-state index < -0.39 is 0 Å². The SMILES string of the molecule is N#Cc1ccc2c(C(=O)c3cccc(Br)c3)c[nH]c2c1. The molecule has 1 heterocycles. The number of nitriles is 1. The van der Waals surface area contributed by atoms with Crippen LogP contribution in [0, 0.1) is 11.3 Å². The van der Waals surface area contributed by atoms with Crippen molar-refractivity contribution in [1.29, 1.82) is 5.26 Å². The molecule has 20 heavy (non-hydrogen) atoms. The van der Waals surface area contributed by atoms with Gasteiger partial charge in [-0.25, -0.2) is 0 Å². The van der Waals surface area contributed by atoms with Gasteiger partial charge in [-0.3, -0.25) is 4.79 Å². The van der Waals surface area contributed by atoms with E-state index in [4.69, 9.17) is 5.26 Å². The van der Waals surface area contributed by atoms with Crippen LogP contribution in [0.4, 0.5) is 0 Å². The number of rotatable bonds is 2. The summed E-state index contributed by atoms with van der Waals surface area (Å²) in [7, 11) is 0. The number of H-pyrrole nitrogens is 1. The third-order valence-electron chi connectivity index (χ3n) is 3.14. The maximum Gasteiger partial charge on any atom is 0.195 e. The second kappa shape index (κ2) is 4.95. The lowest BCUT2D eigenvalue weighted by Gasteiger charge is -2.00. The van der Waals surface area contributed by atoms with E-state index in [1.54, 1.807) is 36.5 Å². The summed E-state index contributed by atoms with van der Waals surface area (Å²) in [6, 6.07) is 14.6. The van der Waals surface area contributed by atoms with Crippen molar-refractivity contribution in [2.75, 3.05) is 0 Å². The predicted octanol–water partition coefficient (Wildman–Crippen LogP) is 4.03. The molecule has 0 atom stereocenters. The van der Waals surface area contributed by atoms with Crippen LogP contribution in [-0.2, 0) is 0 Å². The smallest absolute Gasteiger partial charge is 0.195 e. The average molecular weight is 325 g/mol. The first-order chi connectivity index (χ1) is 9.69. The van der Waals surface area contributed by atoms with Crippen molar-refractivity contribution in [3.05, 3.63) is 69.8 Å². The van der Waals surface area contributed by atoms with Crippen molar-refractivity contribution >= 4 is 32.6 Å². The summed E-state index contributed by atoms with van der Waals surface area (Å²) >= 11 is 3.37. The summed E-state index contributed by atoms with van der Waals surface area (Å²) < 4.78 is 0.870. The quantitative estimate of drug-likeness (QED) is 0.723. The number of nitrogens with zero attached hydrogens (tertiary/aromatic N) is 1. The molecule has 0 bridgehead atoms. The van der Waals surface area contributed by atoms with Crippen molar-refractivity contribution in [2.24, 2.45) is 0 Å². The van der Waals surface area contributed by atoms with Crippen molar-refractivity contribution in [1.82, 2.24) is 4.98 Å². The largest absolute Gasteiger partial charge is 0.360 e. The van der Waals surface area contributed by atoms with Crippen LogP contribution in [0.5, 0.6) is 0 Å². The van der Waals surface area contributed by atoms with Gasteiger partial charge in [0.15, 0.2) is 5.78 Å². The van der Waals surface area contributed by atoms with Crippen LogP contribution in [0.1, 0.15) is 21.5 Å². The Morgan fingerprint density at radius 3 is 2.80 bits per heavy atom. The Bertz CT molecular complexity index is 858. The fourth-order valence-electron chi connectivity index (χ4n) is 2.17. The zero-order valence-electron chi connectivity index (χ0n) is 10.4. The fourth-order valence-corrected chi connectivity index (χ4v) is 2.57. The Kier molecular flexibility index (Phi) is 3.13. The van der Waals surface area contributed by atoms with Crippen LogP contribution in [0.2, 0.25) is 0 Å². The molecule has 0 spiro atoms. The number of ketones is 1. The lowest BCUT2D eigenvalue weighted by Crippen LogP contribution is -1.99. The van der Waals surface area contributed by atoms with E-state index >= 15 is 0 Å². The first-order valence-electron chi connectivity index (χ1n) is 6.00. The lowest BCUT2D eigenvalue weighted by molar-refractivity contribution is 0.104. The van der Waals surface area contributed by atoms with Gasteiger partial charge in [-0.15, -0.1) is 0 Å². The highest BCUT2D eigenvalue weighted by molar-refractivity contribution is 9.10. The minimum Gasteiger partial charge on any atom is -0.360 e. The third kappa shape index (κ3) is 2.13. The molecule has 0 saturated heterocycles. The van der Waals surface area contributed by atoms with Gasteiger partial charge in [0.1, 0.15) is 0 Å². The Hall–Kier alpha value is -2.38. The highest BCUT2D eigenvalue weighted by atomic mass is 79.9. The Morgan fingerprint density at radius 2 is 2.05 bits per heavy atom. The topological polar surface area (TPSA) is 56.6 Å². The summed E-state index contributed by atoms with van der Waals surface area (Å²) in [4.78, 5) is 15.6. The number of carbonyl (C=O) groups excluding carboxylic acids is 1. The fraction of sp³-hybridized carbons (Fsp3) is 0. The maximum absolute atomic E-state index is 12.5. The van der Waals surface area contributed by atoms with Crippen LogP contribution in [0.3, 0.4) is 0 Å². The van der Waals surface area contributed by atoms with Gasteiger partial charge in [0.2, 0.25) is 0 Å². The van der Waals surface area contributed by atoms with Crippen LogP contribution in [0.15, 0.2) is 53.1 Å². The van der Waals surface area contributed by atoms with Gasteiger partial charge in [0.25, 0.3) is 0 Å². The number of benzene rings is 2. The number of aromatic amines is 1. The molecule has 0 unspecified atom stereocenters. The standard InChI is InChI=1S/C16H9BrN2O/c17-12-3-1-2-11(7-12)16(20)14-9-19-15-6-10(8-18)4-5-13(14)15/h1-7,9,19H. The van der Waals surface area contributed by atoms with Crippen LogP contribution >= 0.6 is 15.9 Å². The highest BCUT2D eigenvalue weighted by Crippen LogP contribution is 2.23. The maximum atomic E-state index is 12.5. The molecule has 3 nitrogen and oxygen atoms in total. The first kappa shape index (κ1) is 12.6. The summed E-state index contributed by atoms with van der Waals surface area (Å²) in [5, 5.41) is 9.71. The van der Waals surface area contributed by atoms with Crippen LogP contribution in [-0.4, -0.2) is 10.8 Å². The van der Waals surface area contributed by atoms with Gasteiger partial charge < -0.3 is 4.98 Å². The summed E-state index contributed by atoms with van der Waals surface area (Å²) in [5.74, 6) is -0.0396. The summed E-state index contributed by atoms with van der Waals surface area (Å²) in [5.41, 5.74) is 2.61. The molecule has 0 aliphatic rings. The van der Waals surface area contributed by atoms with Gasteiger partial charge >= 0.3 is 0 Å². The number of halogens is 1. The molecule has 2 aromatic carbocycles. The molecule has 0 aliphatic carbocycles. The van der Waals surface area contributed by atoms with Gasteiger partial charge in [0, 0.05) is 32.7 Å². The van der Waals surface area contributed by atoms with Crippen LogP contribution < -0.4 is 0 Å². The molecule has 0 radical (unpaired) electrons. The van der Waals surface area contributed by atoms with E-state index in [9.17, 15) is 4.79 Å². The number of hydrogen-bond donors (Lipinski definition) is 1. The molecule has 0 aliphatic heterocycles. The van der Waals surface area contributed by atoms with E-state index in [-0.39, 0.29) is 5.78 Å². The van der Waals surface area contributed by atoms with Crippen molar-refractivity contribution in [2.45, 2.75) is 0 Å². The number of carbonyl (C=O) groups is 1. The number of nitrogens with one attached hydrogen (secondary N) is 1. The van der Waals surface area contributed by atoms with Crippen LogP contribution in [0.25, 0.3) is 10.9 Å². The second-order valence-electron chi connectivity index (χ2n) is 4.41. The molecular weight excluding hydrogens is 316 g/mol. The lowest BCUT2D eigenvalue weighted by atomic mass is 10.0. The van der Waals surface area contributed by atoms with Gasteiger partial charge in [-0.05, 0) is 24.3 Å².